The number of nitrogens with zero attached hydrogens (tertiary/aromatic N) is 1. The van der Waals surface area contributed by atoms with Crippen molar-refractivity contribution in [3.05, 3.63) is 29.3 Å². The van der Waals surface area contributed by atoms with E-state index in [-0.39, 0.29) is 17.4 Å². The number of hydrogen-bond donors (Lipinski definition) is 1. The van der Waals surface area contributed by atoms with Gasteiger partial charge in [0.25, 0.3) is 0 Å². The number of carbonyl (C=O) groups is 1. The highest BCUT2D eigenvalue weighted by molar-refractivity contribution is 5.81. The first-order valence-corrected chi connectivity index (χ1v) is 7.49. The van der Waals surface area contributed by atoms with E-state index in [4.69, 9.17) is 4.74 Å². The van der Waals surface area contributed by atoms with Crippen LogP contribution in [0.3, 0.4) is 0 Å². The molecule has 1 atom stereocenters. The van der Waals surface area contributed by atoms with Crippen LogP contribution in [0.2, 0.25) is 0 Å². The Hall–Kier alpha value is -1.55. The Labute approximate surface area is 127 Å². The predicted octanol–water partition coefficient (Wildman–Crippen LogP) is 2.39. The van der Waals surface area contributed by atoms with Gasteiger partial charge in [-0.2, -0.15) is 0 Å². The first-order chi connectivity index (χ1) is 9.79. The first-order valence-electron chi connectivity index (χ1n) is 7.49. The lowest BCUT2D eigenvalue weighted by Gasteiger charge is -2.27. The van der Waals surface area contributed by atoms with Gasteiger partial charge in [-0.1, -0.05) is 32.9 Å². The zero-order valence-electron chi connectivity index (χ0n) is 13.7. The summed E-state index contributed by atoms with van der Waals surface area (Å²) in [5.74, 6) is 1.08. The van der Waals surface area contributed by atoms with Crippen LogP contribution in [0.5, 0.6) is 5.75 Å². The SMILES string of the molecule is CN(C)C(CNC(=O)C(C)(C)C)c1ccc2c(c1)CCO2. The van der Waals surface area contributed by atoms with Crippen molar-refractivity contribution in [2.45, 2.75) is 33.2 Å². The van der Waals surface area contributed by atoms with Gasteiger partial charge in [0.2, 0.25) is 5.91 Å². The van der Waals surface area contributed by atoms with E-state index in [1.165, 1.54) is 11.1 Å². The molecule has 1 aromatic rings. The highest BCUT2D eigenvalue weighted by Gasteiger charge is 2.24. The molecule has 0 aliphatic carbocycles. The van der Waals surface area contributed by atoms with Crippen LogP contribution >= 0.6 is 0 Å². The topological polar surface area (TPSA) is 41.6 Å². The smallest absolute Gasteiger partial charge is 0.225 e. The Morgan fingerprint density at radius 1 is 1.38 bits per heavy atom. The van der Waals surface area contributed by atoms with E-state index >= 15 is 0 Å². The van der Waals surface area contributed by atoms with Crippen molar-refractivity contribution in [3.63, 3.8) is 0 Å². The van der Waals surface area contributed by atoms with Gasteiger partial charge in [0.15, 0.2) is 0 Å². The maximum Gasteiger partial charge on any atom is 0.225 e. The van der Waals surface area contributed by atoms with E-state index in [0.717, 1.165) is 18.8 Å². The van der Waals surface area contributed by atoms with Crippen molar-refractivity contribution in [1.82, 2.24) is 10.2 Å². The number of ether oxygens (including phenoxy) is 1. The molecule has 4 nitrogen and oxygen atoms in total. The normalized spacial score (nSPS) is 15.5. The molecule has 1 aliphatic heterocycles. The number of rotatable bonds is 4. The van der Waals surface area contributed by atoms with Crippen LogP contribution in [0.25, 0.3) is 0 Å². The van der Waals surface area contributed by atoms with Gasteiger partial charge in [0.05, 0.1) is 12.6 Å². The molecule has 1 amide bonds. The van der Waals surface area contributed by atoms with Crippen LogP contribution in [0.1, 0.15) is 37.9 Å². The van der Waals surface area contributed by atoms with Crippen LogP contribution in [0.4, 0.5) is 0 Å². The van der Waals surface area contributed by atoms with Crippen LogP contribution in [-0.2, 0) is 11.2 Å². The molecule has 2 rings (SSSR count). The molecule has 0 spiro atoms. The fourth-order valence-electron chi connectivity index (χ4n) is 2.47. The summed E-state index contributed by atoms with van der Waals surface area (Å²) in [4.78, 5) is 14.2. The third kappa shape index (κ3) is 3.76. The van der Waals surface area contributed by atoms with Gasteiger partial charge in [-0.05, 0) is 31.3 Å². The van der Waals surface area contributed by atoms with Crippen LogP contribution in [0, 0.1) is 5.41 Å². The third-order valence-corrected chi connectivity index (χ3v) is 3.86. The van der Waals surface area contributed by atoms with E-state index in [0.29, 0.717) is 6.54 Å². The van der Waals surface area contributed by atoms with E-state index in [1.807, 2.05) is 40.9 Å². The molecule has 0 aromatic heterocycles. The molecule has 0 saturated heterocycles. The zero-order valence-corrected chi connectivity index (χ0v) is 13.7. The van der Waals surface area contributed by atoms with Gasteiger partial charge in [-0.15, -0.1) is 0 Å². The Morgan fingerprint density at radius 3 is 2.71 bits per heavy atom. The van der Waals surface area contributed by atoms with Gasteiger partial charge in [-0.3, -0.25) is 4.79 Å². The summed E-state index contributed by atoms with van der Waals surface area (Å²) < 4.78 is 5.55. The minimum absolute atomic E-state index is 0.0823. The van der Waals surface area contributed by atoms with Crippen molar-refractivity contribution < 1.29 is 9.53 Å². The van der Waals surface area contributed by atoms with Crippen molar-refractivity contribution in [1.29, 1.82) is 0 Å². The fourth-order valence-corrected chi connectivity index (χ4v) is 2.47. The van der Waals surface area contributed by atoms with E-state index < -0.39 is 0 Å². The molecule has 1 aromatic carbocycles. The summed E-state index contributed by atoms with van der Waals surface area (Å²) in [6, 6.07) is 6.51. The number of likely N-dealkylation sites (N-methyl/N-ethyl adjacent to an activating group) is 1. The molecule has 1 N–H and O–H groups in total. The maximum atomic E-state index is 12.1. The maximum absolute atomic E-state index is 12.1. The fraction of sp³-hybridized carbons (Fsp3) is 0.588. The Kier molecular flexibility index (Phi) is 4.57. The quantitative estimate of drug-likeness (QED) is 0.926. The molecule has 4 heteroatoms. The molecule has 1 unspecified atom stereocenters. The Morgan fingerprint density at radius 2 is 2.10 bits per heavy atom. The largest absolute Gasteiger partial charge is 0.493 e. The van der Waals surface area contributed by atoms with Gasteiger partial charge < -0.3 is 15.0 Å². The number of hydrogen-bond acceptors (Lipinski definition) is 3. The lowest BCUT2D eigenvalue weighted by atomic mass is 9.95. The standard InChI is InChI=1S/C17H26N2O2/c1-17(2,3)16(20)18-11-14(19(4)5)12-6-7-15-13(10-12)8-9-21-15/h6-7,10,14H,8-9,11H2,1-5H3,(H,18,20). The predicted molar refractivity (Wildman–Crippen MR) is 84.5 cm³/mol. The second kappa shape index (κ2) is 6.06. The number of amides is 1. The highest BCUT2D eigenvalue weighted by Crippen LogP contribution is 2.29. The number of benzene rings is 1. The minimum atomic E-state index is -0.358. The summed E-state index contributed by atoms with van der Waals surface area (Å²) in [6.07, 6.45) is 0.970. The van der Waals surface area contributed by atoms with E-state index in [2.05, 4.69) is 22.3 Å². The summed E-state index contributed by atoms with van der Waals surface area (Å²) in [5.41, 5.74) is 2.13. The lowest BCUT2D eigenvalue weighted by Crippen LogP contribution is -2.40. The van der Waals surface area contributed by atoms with Crippen LogP contribution < -0.4 is 10.1 Å². The summed E-state index contributed by atoms with van der Waals surface area (Å²) in [6.45, 7) is 7.17. The van der Waals surface area contributed by atoms with E-state index in [1.54, 1.807) is 0 Å². The molecule has 1 aliphatic rings. The molecular weight excluding hydrogens is 264 g/mol. The van der Waals surface area contributed by atoms with Crippen molar-refractivity contribution in [2.24, 2.45) is 5.41 Å². The van der Waals surface area contributed by atoms with Gasteiger partial charge >= 0.3 is 0 Å². The second-order valence-electron chi connectivity index (χ2n) is 6.91. The lowest BCUT2D eigenvalue weighted by molar-refractivity contribution is -0.128. The summed E-state index contributed by atoms with van der Waals surface area (Å²) in [5, 5.41) is 3.06. The second-order valence-corrected chi connectivity index (χ2v) is 6.91. The average Bonchev–Trinajstić information content (AvgIpc) is 2.84. The molecule has 0 saturated carbocycles. The molecular formula is C17H26N2O2. The minimum Gasteiger partial charge on any atom is -0.493 e. The number of carbonyl (C=O) groups excluding carboxylic acids is 1. The third-order valence-electron chi connectivity index (χ3n) is 3.86. The molecule has 0 bridgehead atoms. The monoisotopic (exact) mass is 290 g/mol. The molecule has 0 fully saturated rings. The van der Waals surface area contributed by atoms with Crippen LogP contribution in [-0.4, -0.2) is 38.1 Å². The van der Waals surface area contributed by atoms with Crippen molar-refractivity contribution in [3.8, 4) is 5.75 Å². The van der Waals surface area contributed by atoms with E-state index in [9.17, 15) is 4.79 Å². The Bertz CT molecular complexity index is 518. The Balaban J connectivity index is 2.11. The van der Waals surface area contributed by atoms with Gasteiger partial charge in [0, 0.05) is 18.4 Å². The molecule has 0 radical (unpaired) electrons. The number of nitrogens with one attached hydrogen (secondary N) is 1. The molecule has 21 heavy (non-hydrogen) atoms. The molecule has 1 heterocycles. The zero-order chi connectivity index (χ0) is 15.6. The van der Waals surface area contributed by atoms with Gasteiger partial charge in [-0.25, -0.2) is 0 Å². The summed E-state index contributed by atoms with van der Waals surface area (Å²) in [7, 11) is 4.08. The van der Waals surface area contributed by atoms with Crippen molar-refractivity contribution >= 4 is 5.91 Å². The van der Waals surface area contributed by atoms with Crippen molar-refractivity contribution in [2.75, 3.05) is 27.2 Å². The number of fused-ring (bicyclic) bond motifs is 1. The summed E-state index contributed by atoms with van der Waals surface area (Å²) >= 11 is 0. The average molecular weight is 290 g/mol. The van der Waals surface area contributed by atoms with Gasteiger partial charge in [0.1, 0.15) is 5.75 Å². The highest BCUT2D eigenvalue weighted by atomic mass is 16.5. The van der Waals surface area contributed by atoms with Crippen LogP contribution in [0.15, 0.2) is 18.2 Å². The molecule has 116 valence electrons. The first kappa shape index (κ1) is 15.8.